The monoisotopic (exact) mass is 270 g/mol. The zero-order valence-electron chi connectivity index (χ0n) is 10.2. The van der Waals surface area contributed by atoms with Gasteiger partial charge in [-0.15, -0.1) is 0 Å². The Hall–Kier alpha value is -0.620. The number of aromatic nitrogens is 2. The van der Waals surface area contributed by atoms with Gasteiger partial charge in [-0.25, -0.2) is 9.97 Å². The first kappa shape index (κ1) is 12.8. The molecule has 3 N–H and O–H groups in total. The summed E-state index contributed by atoms with van der Waals surface area (Å²) in [5.74, 6) is 2.62. The molecule has 6 heteroatoms. The molecule has 0 spiro atoms. The fraction of sp³-hybridized carbons (Fsp3) is 0.636. The molecule has 2 rings (SSSR count). The Morgan fingerprint density at radius 1 is 1.59 bits per heavy atom. The number of anilines is 2. The first-order valence-electron chi connectivity index (χ1n) is 5.68. The van der Waals surface area contributed by atoms with Gasteiger partial charge >= 0.3 is 0 Å². The lowest BCUT2D eigenvalue weighted by Crippen LogP contribution is -2.27. The minimum Gasteiger partial charge on any atom is -0.383 e. The summed E-state index contributed by atoms with van der Waals surface area (Å²) in [5, 5.41) is 4.10. The number of nitrogens with two attached hydrogens (primary N) is 1. The summed E-state index contributed by atoms with van der Waals surface area (Å²) in [4.78, 5) is 8.53. The van der Waals surface area contributed by atoms with Crippen molar-refractivity contribution in [2.75, 3.05) is 29.6 Å². The van der Waals surface area contributed by atoms with Crippen LogP contribution in [-0.2, 0) is 0 Å². The minimum absolute atomic E-state index is 0.333. The second-order valence-electron chi connectivity index (χ2n) is 4.42. The summed E-state index contributed by atoms with van der Waals surface area (Å²) in [6.45, 7) is 3.24. The van der Waals surface area contributed by atoms with E-state index in [0.717, 1.165) is 17.5 Å². The molecule has 0 saturated carbocycles. The van der Waals surface area contributed by atoms with Gasteiger partial charge in [-0.05, 0) is 31.8 Å². The van der Waals surface area contributed by atoms with Crippen LogP contribution >= 0.6 is 23.5 Å². The number of nitrogen functional groups attached to an aromatic ring is 1. The van der Waals surface area contributed by atoms with E-state index in [4.69, 9.17) is 5.73 Å². The molecule has 2 heterocycles. The number of nitrogens with one attached hydrogen (secondary N) is 1. The van der Waals surface area contributed by atoms with E-state index in [1.54, 1.807) is 6.07 Å². The van der Waals surface area contributed by atoms with Gasteiger partial charge in [0.1, 0.15) is 11.6 Å². The van der Waals surface area contributed by atoms with Crippen molar-refractivity contribution in [3.63, 3.8) is 0 Å². The molecule has 1 saturated heterocycles. The molecular formula is C11H18N4S2. The van der Waals surface area contributed by atoms with Crippen LogP contribution in [0.2, 0.25) is 0 Å². The van der Waals surface area contributed by atoms with Crippen LogP contribution in [0.25, 0.3) is 0 Å². The van der Waals surface area contributed by atoms with Gasteiger partial charge in [-0.3, -0.25) is 0 Å². The second-order valence-corrected chi connectivity index (χ2v) is 6.88. The van der Waals surface area contributed by atoms with Crippen LogP contribution in [0.1, 0.15) is 19.8 Å². The number of thioether (sulfide) groups is 2. The maximum Gasteiger partial charge on any atom is 0.191 e. The fourth-order valence-corrected chi connectivity index (χ4v) is 3.51. The SMILES string of the molecule is CSc1nc(N)cc(NCC2(C)CCCS2)n1. The zero-order chi connectivity index (χ0) is 12.3. The summed E-state index contributed by atoms with van der Waals surface area (Å²) in [6.07, 6.45) is 4.53. The van der Waals surface area contributed by atoms with E-state index in [2.05, 4.69) is 22.2 Å². The highest BCUT2D eigenvalue weighted by atomic mass is 32.2. The smallest absolute Gasteiger partial charge is 0.191 e. The van der Waals surface area contributed by atoms with Gasteiger partial charge in [0, 0.05) is 17.4 Å². The molecule has 0 bridgehead atoms. The van der Waals surface area contributed by atoms with E-state index >= 15 is 0 Å². The second kappa shape index (κ2) is 5.35. The molecule has 0 aliphatic carbocycles. The van der Waals surface area contributed by atoms with Crippen molar-refractivity contribution in [3.05, 3.63) is 6.07 Å². The molecule has 1 aliphatic rings. The molecule has 17 heavy (non-hydrogen) atoms. The van der Waals surface area contributed by atoms with Crippen LogP contribution in [0, 0.1) is 0 Å². The Morgan fingerprint density at radius 2 is 2.41 bits per heavy atom. The summed E-state index contributed by atoms with van der Waals surface area (Å²) in [7, 11) is 0. The third kappa shape index (κ3) is 3.42. The Kier molecular flexibility index (Phi) is 4.04. The normalized spacial score (nSPS) is 23.9. The molecule has 1 aromatic rings. The molecule has 94 valence electrons. The van der Waals surface area contributed by atoms with Gasteiger partial charge < -0.3 is 11.1 Å². The number of hydrogen-bond acceptors (Lipinski definition) is 6. The number of rotatable bonds is 4. The van der Waals surface area contributed by atoms with E-state index < -0.39 is 0 Å². The molecule has 1 unspecified atom stereocenters. The van der Waals surface area contributed by atoms with Crippen molar-refractivity contribution in [1.82, 2.24) is 9.97 Å². The summed E-state index contributed by atoms with van der Waals surface area (Å²) >= 11 is 3.54. The molecule has 0 aromatic carbocycles. The van der Waals surface area contributed by atoms with Crippen molar-refractivity contribution >= 4 is 35.2 Å². The lowest BCUT2D eigenvalue weighted by Gasteiger charge is -2.23. The summed E-state index contributed by atoms with van der Waals surface area (Å²) in [5.41, 5.74) is 5.74. The van der Waals surface area contributed by atoms with Crippen LogP contribution in [0.4, 0.5) is 11.6 Å². The van der Waals surface area contributed by atoms with Gasteiger partial charge in [0.25, 0.3) is 0 Å². The predicted molar refractivity (Wildman–Crippen MR) is 76.8 cm³/mol. The quantitative estimate of drug-likeness (QED) is 0.647. The topological polar surface area (TPSA) is 63.8 Å². The predicted octanol–water partition coefficient (Wildman–Crippen LogP) is 2.48. The van der Waals surface area contributed by atoms with Crippen molar-refractivity contribution < 1.29 is 0 Å². The zero-order valence-corrected chi connectivity index (χ0v) is 11.8. The highest BCUT2D eigenvalue weighted by Gasteiger charge is 2.29. The molecular weight excluding hydrogens is 252 g/mol. The molecule has 1 atom stereocenters. The lowest BCUT2D eigenvalue weighted by atomic mass is 10.1. The van der Waals surface area contributed by atoms with E-state index in [0.29, 0.717) is 10.6 Å². The van der Waals surface area contributed by atoms with E-state index in [9.17, 15) is 0 Å². The maximum atomic E-state index is 5.74. The average Bonchev–Trinajstić information content (AvgIpc) is 2.73. The molecule has 0 amide bonds. The van der Waals surface area contributed by atoms with Crippen molar-refractivity contribution in [1.29, 1.82) is 0 Å². The summed E-state index contributed by atoms with van der Waals surface area (Å²) in [6, 6.07) is 1.79. The summed E-state index contributed by atoms with van der Waals surface area (Å²) < 4.78 is 0.333. The van der Waals surface area contributed by atoms with E-state index in [1.165, 1.54) is 30.4 Å². The van der Waals surface area contributed by atoms with Gasteiger partial charge in [0.2, 0.25) is 0 Å². The molecule has 1 aliphatic heterocycles. The van der Waals surface area contributed by atoms with Gasteiger partial charge in [-0.1, -0.05) is 11.8 Å². The van der Waals surface area contributed by atoms with E-state index in [-0.39, 0.29) is 0 Å². The standard InChI is InChI=1S/C11H18N4S2/c1-11(4-3-5-17-11)7-13-9-6-8(12)14-10(15-9)16-2/h6H,3-5,7H2,1-2H3,(H3,12,13,14,15). The van der Waals surface area contributed by atoms with Crippen LogP contribution in [0.5, 0.6) is 0 Å². The van der Waals surface area contributed by atoms with Crippen LogP contribution in [-0.4, -0.2) is 33.3 Å². The Balaban J connectivity index is 2.00. The lowest BCUT2D eigenvalue weighted by molar-refractivity contribution is 0.633. The molecule has 1 aromatic heterocycles. The van der Waals surface area contributed by atoms with Gasteiger partial charge in [0.15, 0.2) is 5.16 Å². The minimum atomic E-state index is 0.333. The number of hydrogen-bond donors (Lipinski definition) is 2. The Labute approximate surface area is 111 Å². The van der Waals surface area contributed by atoms with E-state index in [1.807, 2.05) is 18.0 Å². The Morgan fingerprint density at radius 3 is 3.06 bits per heavy atom. The largest absolute Gasteiger partial charge is 0.383 e. The third-order valence-electron chi connectivity index (χ3n) is 2.85. The van der Waals surface area contributed by atoms with Gasteiger partial charge in [-0.2, -0.15) is 11.8 Å². The average molecular weight is 270 g/mol. The Bertz CT molecular complexity index is 391. The first-order chi connectivity index (χ1) is 8.11. The van der Waals surface area contributed by atoms with Gasteiger partial charge in [0.05, 0.1) is 0 Å². The van der Waals surface area contributed by atoms with Crippen molar-refractivity contribution in [2.45, 2.75) is 29.7 Å². The van der Waals surface area contributed by atoms with Crippen molar-refractivity contribution in [3.8, 4) is 0 Å². The third-order valence-corrected chi connectivity index (χ3v) is 4.94. The first-order valence-corrected chi connectivity index (χ1v) is 7.89. The number of nitrogens with zero attached hydrogens (tertiary/aromatic N) is 2. The highest BCUT2D eigenvalue weighted by Crippen LogP contribution is 2.37. The molecule has 4 nitrogen and oxygen atoms in total. The maximum absolute atomic E-state index is 5.74. The molecule has 0 radical (unpaired) electrons. The highest BCUT2D eigenvalue weighted by molar-refractivity contribution is 8.00. The van der Waals surface area contributed by atoms with Crippen LogP contribution in [0.15, 0.2) is 11.2 Å². The van der Waals surface area contributed by atoms with Crippen LogP contribution < -0.4 is 11.1 Å². The fourth-order valence-electron chi connectivity index (χ4n) is 1.88. The molecule has 1 fully saturated rings. The van der Waals surface area contributed by atoms with Crippen LogP contribution in [0.3, 0.4) is 0 Å². The van der Waals surface area contributed by atoms with Crippen molar-refractivity contribution in [2.24, 2.45) is 0 Å².